The molecule has 4 heteroatoms. The van der Waals surface area contributed by atoms with Gasteiger partial charge in [0.15, 0.2) is 0 Å². The van der Waals surface area contributed by atoms with Gasteiger partial charge in [0.05, 0.1) is 17.8 Å². The zero-order valence-electron chi connectivity index (χ0n) is 13.0. The molecule has 0 unspecified atom stereocenters. The van der Waals surface area contributed by atoms with E-state index in [0.717, 1.165) is 44.8 Å². The van der Waals surface area contributed by atoms with E-state index in [-0.39, 0.29) is 0 Å². The summed E-state index contributed by atoms with van der Waals surface area (Å²) >= 11 is 0. The lowest BCUT2D eigenvalue weighted by Crippen LogP contribution is -2.19. The van der Waals surface area contributed by atoms with Gasteiger partial charge in [-0.3, -0.25) is 4.68 Å². The lowest BCUT2D eigenvalue weighted by Gasteiger charge is -2.00. The number of benzene rings is 1. The zero-order chi connectivity index (χ0) is 14.9. The second-order valence-electron chi connectivity index (χ2n) is 4.99. The second-order valence-corrected chi connectivity index (χ2v) is 4.99. The quantitative estimate of drug-likeness (QED) is 0.569. The third-order valence-electron chi connectivity index (χ3n) is 3.48. The molecule has 0 amide bonds. The Morgan fingerprint density at radius 3 is 2.90 bits per heavy atom. The third-order valence-corrected chi connectivity index (χ3v) is 3.48. The van der Waals surface area contributed by atoms with Gasteiger partial charge < -0.3 is 10.1 Å². The lowest BCUT2D eigenvalue weighted by atomic mass is 10.1. The van der Waals surface area contributed by atoms with Crippen LogP contribution in [0.5, 0.6) is 0 Å². The van der Waals surface area contributed by atoms with Crippen LogP contribution in [0.4, 0.5) is 0 Å². The molecule has 0 aliphatic rings. The van der Waals surface area contributed by atoms with Crippen molar-refractivity contribution in [2.24, 2.45) is 0 Å². The number of fused-ring (bicyclic) bond motifs is 1. The molecule has 21 heavy (non-hydrogen) atoms. The molecular weight excluding hydrogens is 262 g/mol. The number of aryl methyl sites for hydroxylation is 1. The van der Waals surface area contributed by atoms with Crippen LogP contribution in [0.1, 0.15) is 19.0 Å². The average molecular weight is 287 g/mol. The molecule has 1 aromatic carbocycles. The molecule has 114 valence electrons. The number of para-hydroxylation sites is 1. The fraction of sp³-hybridized carbons (Fsp3) is 0.471. The number of aromatic nitrogens is 2. The Labute approximate surface area is 126 Å². The standard InChI is InChI=1S/C17H25N3O/c1-3-20-17-11-7-6-9-15(17)16(19-20)10-5-4-8-12-18-13-14-21-2/h4-7,9,11,18H,3,8,10,12-14H2,1-2H3. The van der Waals surface area contributed by atoms with Gasteiger partial charge in [-0.2, -0.15) is 5.10 Å². The first kappa shape index (κ1) is 15.7. The minimum Gasteiger partial charge on any atom is -0.383 e. The van der Waals surface area contributed by atoms with Crippen molar-refractivity contribution < 1.29 is 4.74 Å². The molecule has 0 fully saturated rings. The monoisotopic (exact) mass is 287 g/mol. The first-order valence-electron chi connectivity index (χ1n) is 7.66. The van der Waals surface area contributed by atoms with Gasteiger partial charge >= 0.3 is 0 Å². The van der Waals surface area contributed by atoms with Crippen molar-refractivity contribution in [1.82, 2.24) is 15.1 Å². The Bertz CT molecular complexity index is 574. The summed E-state index contributed by atoms with van der Waals surface area (Å²) in [6.07, 6.45) is 6.37. The molecule has 0 saturated carbocycles. The van der Waals surface area contributed by atoms with E-state index in [4.69, 9.17) is 9.84 Å². The second kappa shape index (κ2) is 8.60. The van der Waals surface area contributed by atoms with E-state index in [9.17, 15) is 0 Å². The maximum absolute atomic E-state index is 4.99. The van der Waals surface area contributed by atoms with Gasteiger partial charge in [0.2, 0.25) is 0 Å². The van der Waals surface area contributed by atoms with Crippen molar-refractivity contribution in [1.29, 1.82) is 0 Å². The Kier molecular flexibility index (Phi) is 6.44. The Balaban J connectivity index is 1.86. The van der Waals surface area contributed by atoms with E-state index in [2.05, 4.69) is 53.3 Å². The zero-order valence-corrected chi connectivity index (χ0v) is 13.0. The van der Waals surface area contributed by atoms with Crippen LogP contribution >= 0.6 is 0 Å². The summed E-state index contributed by atoms with van der Waals surface area (Å²) < 4.78 is 7.06. The van der Waals surface area contributed by atoms with Gasteiger partial charge in [0.25, 0.3) is 0 Å². The molecule has 0 aliphatic carbocycles. The smallest absolute Gasteiger partial charge is 0.0740 e. The average Bonchev–Trinajstić information content (AvgIpc) is 2.88. The van der Waals surface area contributed by atoms with Crippen LogP contribution in [0.25, 0.3) is 10.9 Å². The number of allylic oxidation sites excluding steroid dienone is 1. The van der Waals surface area contributed by atoms with Crippen molar-refractivity contribution in [3.05, 3.63) is 42.1 Å². The van der Waals surface area contributed by atoms with E-state index in [1.54, 1.807) is 7.11 Å². The number of nitrogens with zero attached hydrogens (tertiary/aromatic N) is 2. The summed E-state index contributed by atoms with van der Waals surface area (Å²) in [5.41, 5.74) is 2.39. The van der Waals surface area contributed by atoms with E-state index >= 15 is 0 Å². The topological polar surface area (TPSA) is 39.1 Å². The van der Waals surface area contributed by atoms with Crippen LogP contribution in [0.3, 0.4) is 0 Å². The predicted molar refractivity (Wildman–Crippen MR) is 87.6 cm³/mol. The third kappa shape index (κ3) is 4.41. The van der Waals surface area contributed by atoms with Gasteiger partial charge in [-0.1, -0.05) is 30.4 Å². The molecule has 2 aromatic rings. The molecule has 0 aliphatic heterocycles. The largest absolute Gasteiger partial charge is 0.383 e. The minimum atomic E-state index is 0.768. The van der Waals surface area contributed by atoms with Crippen LogP contribution in [0.15, 0.2) is 36.4 Å². The van der Waals surface area contributed by atoms with Crippen molar-refractivity contribution in [3.8, 4) is 0 Å². The number of nitrogens with one attached hydrogen (secondary N) is 1. The number of hydrogen-bond acceptors (Lipinski definition) is 3. The number of hydrogen-bond donors (Lipinski definition) is 1. The van der Waals surface area contributed by atoms with Crippen LogP contribution in [0.2, 0.25) is 0 Å². The molecule has 0 radical (unpaired) electrons. The number of ether oxygens (including phenoxy) is 1. The summed E-state index contributed by atoms with van der Waals surface area (Å²) in [6.45, 7) is 5.71. The van der Waals surface area contributed by atoms with Gasteiger partial charge in [-0.15, -0.1) is 0 Å². The molecule has 0 atom stereocenters. The molecule has 0 spiro atoms. The molecule has 0 bridgehead atoms. The van der Waals surface area contributed by atoms with Crippen LogP contribution in [-0.2, 0) is 17.7 Å². The maximum Gasteiger partial charge on any atom is 0.0740 e. The first-order valence-corrected chi connectivity index (χ1v) is 7.66. The van der Waals surface area contributed by atoms with Gasteiger partial charge in [0, 0.05) is 32.0 Å². The predicted octanol–water partition coefficient (Wildman–Crippen LogP) is 2.78. The van der Waals surface area contributed by atoms with Crippen LogP contribution < -0.4 is 5.32 Å². The van der Waals surface area contributed by atoms with E-state index in [1.807, 2.05) is 0 Å². The van der Waals surface area contributed by atoms with Crippen LogP contribution in [-0.4, -0.2) is 36.6 Å². The fourth-order valence-electron chi connectivity index (χ4n) is 2.39. The number of rotatable bonds is 9. The highest BCUT2D eigenvalue weighted by Gasteiger charge is 2.06. The van der Waals surface area contributed by atoms with Crippen molar-refractivity contribution in [3.63, 3.8) is 0 Å². The lowest BCUT2D eigenvalue weighted by molar-refractivity contribution is 0.199. The van der Waals surface area contributed by atoms with Crippen molar-refractivity contribution in [2.75, 3.05) is 26.8 Å². The first-order chi connectivity index (χ1) is 10.4. The molecule has 0 saturated heterocycles. The minimum absolute atomic E-state index is 0.768. The Morgan fingerprint density at radius 1 is 1.24 bits per heavy atom. The normalized spacial score (nSPS) is 11.7. The summed E-state index contributed by atoms with van der Waals surface area (Å²) in [6, 6.07) is 8.45. The summed E-state index contributed by atoms with van der Waals surface area (Å²) in [5, 5.41) is 9.30. The molecule has 2 rings (SSSR count). The molecule has 1 aromatic heterocycles. The highest BCUT2D eigenvalue weighted by molar-refractivity contribution is 5.82. The van der Waals surface area contributed by atoms with Gasteiger partial charge in [-0.05, 0) is 26.0 Å². The van der Waals surface area contributed by atoms with E-state index < -0.39 is 0 Å². The maximum atomic E-state index is 4.99. The molecule has 1 heterocycles. The molecular formula is C17H25N3O. The summed E-state index contributed by atoms with van der Waals surface area (Å²) in [7, 11) is 1.72. The Hall–Kier alpha value is -1.65. The number of methoxy groups -OCH3 is 1. The van der Waals surface area contributed by atoms with Crippen molar-refractivity contribution >= 4 is 10.9 Å². The van der Waals surface area contributed by atoms with E-state index in [0.29, 0.717) is 0 Å². The fourth-order valence-corrected chi connectivity index (χ4v) is 2.39. The highest BCUT2D eigenvalue weighted by Crippen LogP contribution is 2.18. The van der Waals surface area contributed by atoms with Crippen LogP contribution in [0, 0.1) is 0 Å². The molecule has 1 N–H and O–H groups in total. The van der Waals surface area contributed by atoms with Gasteiger partial charge in [0.1, 0.15) is 0 Å². The molecule has 4 nitrogen and oxygen atoms in total. The highest BCUT2D eigenvalue weighted by atomic mass is 16.5. The summed E-state index contributed by atoms with van der Waals surface area (Å²) in [5.74, 6) is 0. The van der Waals surface area contributed by atoms with E-state index in [1.165, 1.54) is 10.9 Å². The van der Waals surface area contributed by atoms with Crippen molar-refractivity contribution in [2.45, 2.75) is 26.3 Å². The Morgan fingerprint density at radius 2 is 2.10 bits per heavy atom. The van der Waals surface area contributed by atoms with Gasteiger partial charge in [-0.25, -0.2) is 0 Å². The SMILES string of the molecule is CCn1nc(CC=CCCNCCOC)c2ccccc21. The summed E-state index contributed by atoms with van der Waals surface area (Å²) in [4.78, 5) is 0.